The number of rotatable bonds is 2. The standard InChI is InChI=1S/C30H34N2O3/c1-28-11-9-23-16-22-5-6-24(34-27(33)31-2)17-29(22)12-13-30(23,35-29)26(28)8-7-25(28)20-4-3-19-10-14-32-18-21(19)15-20/h3-4,9-10,14-16,18,24-26H,5-8,11-13,17H2,1-2H3,(H,31,33). The highest BCUT2D eigenvalue weighted by atomic mass is 16.6. The van der Waals surface area contributed by atoms with Crippen LogP contribution in [0.1, 0.15) is 69.8 Å². The van der Waals surface area contributed by atoms with E-state index in [2.05, 4.69) is 53.6 Å². The number of benzene rings is 1. The van der Waals surface area contributed by atoms with Crippen molar-refractivity contribution in [3.05, 3.63) is 65.5 Å². The Morgan fingerprint density at radius 2 is 2.09 bits per heavy atom. The lowest BCUT2D eigenvalue weighted by atomic mass is 9.58. The summed E-state index contributed by atoms with van der Waals surface area (Å²) < 4.78 is 13.0. The number of nitrogens with zero attached hydrogens (tertiary/aromatic N) is 1. The van der Waals surface area contributed by atoms with Gasteiger partial charge in [0.25, 0.3) is 0 Å². The van der Waals surface area contributed by atoms with E-state index in [0.717, 1.165) is 38.5 Å². The predicted molar refractivity (Wildman–Crippen MR) is 135 cm³/mol. The molecule has 2 saturated carbocycles. The van der Waals surface area contributed by atoms with Crippen LogP contribution in [0.15, 0.2) is 60.0 Å². The Morgan fingerprint density at radius 1 is 1.17 bits per heavy atom. The zero-order chi connectivity index (χ0) is 23.8. The minimum Gasteiger partial charge on any atom is -0.446 e. The summed E-state index contributed by atoms with van der Waals surface area (Å²) in [6, 6.07) is 9.07. The molecule has 7 rings (SSSR count). The third-order valence-corrected chi connectivity index (χ3v) is 10.2. The number of alkyl carbamates (subject to hydrolysis) is 1. The fraction of sp³-hybridized carbons (Fsp3) is 0.533. The predicted octanol–water partition coefficient (Wildman–Crippen LogP) is 6.20. The van der Waals surface area contributed by atoms with Crippen LogP contribution < -0.4 is 5.32 Å². The Kier molecular flexibility index (Phi) is 4.58. The summed E-state index contributed by atoms with van der Waals surface area (Å²) in [4.78, 5) is 16.3. The largest absolute Gasteiger partial charge is 0.446 e. The van der Waals surface area contributed by atoms with Crippen molar-refractivity contribution in [1.82, 2.24) is 10.3 Å². The van der Waals surface area contributed by atoms with Crippen molar-refractivity contribution in [3.8, 4) is 0 Å². The molecule has 6 unspecified atom stereocenters. The molecule has 1 saturated heterocycles. The second kappa shape index (κ2) is 7.42. The quantitative estimate of drug-likeness (QED) is 0.568. The van der Waals surface area contributed by atoms with Crippen molar-refractivity contribution in [3.63, 3.8) is 0 Å². The molecule has 1 aromatic carbocycles. The van der Waals surface area contributed by atoms with E-state index < -0.39 is 0 Å². The molecule has 182 valence electrons. The number of pyridine rings is 1. The van der Waals surface area contributed by atoms with Gasteiger partial charge >= 0.3 is 6.09 Å². The monoisotopic (exact) mass is 470 g/mol. The lowest BCUT2D eigenvalue weighted by Gasteiger charge is -2.54. The lowest BCUT2D eigenvalue weighted by molar-refractivity contribution is -0.144. The molecule has 1 aromatic heterocycles. The van der Waals surface area contributed by atoms with Crippen LogP contribution in [0.4, 0.5) is 4.79 Å². The van der Waals surface area contributed by atoms with Gasteiger partial charge in [0.05, 0.1) is 11.2 Å². The van der Waals surface area contributed by atoms with Gasteiger partial charge in [-0.3, -0.25) is 4.98 Å². The number of fused-ring (bicyclic) bond motifs is 2. The van der Waals surface area contributed by atoms with Crippen molar-refractivity contribution >= 4 is 16.9 Å². The van der Waals surface area contributed by atoms with Crippen LogP contribution in [0.5, 0.6) is 0 Å². The van der Waals surface area contributed by atoms with E-state index in [0.29, 0.717) is 11.8 Å². The van der Waals surface area contributed by atoms with Crippen molar-refractivity contribution in [2.75, 3.05) is 7.05 Å². The molecule has 0 radical (unpaired) electrons. The van der Waals surface area contributed by atoms with E-state index in [1.165, 1.54) is 40.3 Å². The molecule has 6 atom stereocenters. The first-order chi connectivity index (χ1) is 17.0. The van der Waals surface area contributed by atoms with E-state index in [4.69, 9.17) is 9.47 Å². The van der Waals surface area contributed by atoms with E-state index in [1.807, 2.05) is 12.4 Å². The number of aromatic nitrogens is 1. The second-order valence-corrected chi connectivity index (χ2v) is 11.7. The first kappa shape index (κ1) is 21.6. The molecule has 5 aliphatic rings. The third-order valence-electron chi connectivity index (χ3n) is 10.2. The van der Waals surface area contributed by atoms with Gasteiger partial charge in [-0.1, -0.05) is 31.2 Å². The fourth-order valence-corrected chi connectivity index (χ4v) is 8.54. The van der Waals surface area contributed by atoms with Crippen LogP contribution in [0, 0.1) is 11.3 Å². The Morgan fingerprint density at radius 3 is 2.97 bits per heavy atom. The molecule has 3 fully saturated rings. The number of carbonyl (C=O) groups is 1. The first-order valence-corrected chi connectivity index (χ1v) is 13.3. The summed E-state index contributed by atoms with van der Waals surface area (Å²) in [6.07, 6.45) is 16.7. The van der Waals surface area contributed by atoms with Gasteiger partial charge in [0.2, 0.25) is 0 Å². The third kappa shape index (κ3) is 2.97. The van der Waals surface area contributed by atoms with Gasteiger partial charge < -0.3 is 14.8 Å². The molecule has 2 spiro atoms. The Hall–Kier alpha value is -2.66. The van der Waals surface area contributed by atoms with Gasteiger partial charge in [0.15, 0.2) is 0 Å². The van der Waals surface area contributed by atoms with E-state index in [1.54, 1.807) is 7.05 Å². The second-order valence-electron chi connectivity index (χ2n) is 11.7. The van der Waals surface area contributed by atoms with E-state index >= 15 is 0 Å². The summed E-state index contributed by atoms with van der Waals surface area (Å²) in [5, 5.41) is 5.09. The maximum absolute atomic E-state index is 11.9. The smallest absolute Gasteiger partial charge is 0.407 e. The minimum absolute atomic E-state index is 0.0784. The van der Waals surface area contributed by atoms with Crippen LogP contribution in [0.25, 0.3) is 10.8 Å². The maximum Gasteiger partial charge on any atom is 0.407 e. The van der Waals surface area contributed by atoms with Crippen LogP contribution in [-0.2, 0) is 9.47 Å². The van der Waals surface area contributed by atoms with Crippen molar-refractivity contribution in [2.24, 2.45) is 11.3 Å². The van der Waals surface area contributed by atoms with Gasteiger partial charge in [0.1, 0.15) is 6.10 Å². The topological polar surface area (TPSA) is 60.5 Å². The molecule has 2 aliphatic heterocycles. The van der Waals surface area contributed by atoms with Crippen molar-refractivity contribution in [1.29, 1.82) is 0 Å². The number of ether oxygens (including phenoxy) is 2. The van der Waals surface area contributed by atoms with Gasteiger partial charge in [-0.2, -0.15) is 0 Å². The fourth-order valence-electron chi connectivity index (χ4n) is 8.54. The molecule has 3 heterocycles. The number of hydrogen-bond donors (Lipinski definition) is 1. The summed E-state index contributed by atoms with van der Waals surface area (Å²) in [5.41, 5.74) is 4.01. The molecular weight excluding hydrogens is 436 g/mol. The number of allylic oxidation sites excluding steroid dienone is 1. The Labute approximate surface area is 207 Å². The normalized spacial score (nSPS) is 39.2. The highest BCUT2D eigenvalue weighted by molar-refractivity contribution is 5.82. The molecule has 2 aromatic rings. The molecule has 5 heteroatoms. The summed E-state index contributed by atoms with van der Waals surface area (Å²) >= 11 is 0. The summed E-state index contributed by atoms with van der Waals surface area (Å²) in [6.45, 7) is 2.51. The Bertz CT molecular complexity index is 1280. The van der Waals surface area contributed by atoms with Gasteiger partial charge in [-0.25, -0.2) is 4.79 Å². The van der Waals surface area contributed by atoms with Crippen LogP contribution >= 0.6 is 0 Å². The molecule has 5 nitrogen and oxygen atoms in total. The molecule has 1 N–H and O–H groups in total. The van der Waals surface area contributed by atoms with Gasteiger partial charge in [-0.15, -0.1) is 0 Å². The van der Waals surface area contributed by atoms with Crippen LogP contribution in [0.2, 0.25) is 0 Å². The number of carbonyl (C=O) groups excluding carboxylic acids is 1. The zero-order valence-corrected chi connectivity index (χ0v) is 20.7. The zero-order valence-electron chi connectivity index (χ0n) is 20.7. The lowest BCUT2D eigenvalue weighted by Crippen LogP contribution is -2.54. The highest BCUT2D eigenvalue weighted by Crippen LogP contribution is 2.69. The average Bonchev–Trinajstić information content (AvgIpc) is 3.38. The highest BCUT2D eigenvalue weighted by Gasteiger charge is 2.66. The average molecular weight is 471 g/mol. The molecule has 35 heavy (non-hydrogen) atoms. The summed E-state index contributed by atoms with van der Waals surface area (Å²) in [5.74, 6) is 1.02. The molecule has 2 bridgehead atoms. The molecule has 1 amide bonds. The Balaban J connectivity index is 1.23. The van der Waals surface area contributed by atoms with E-state index in [9.17, 15) is 4.79 Å². The first-order valence-electron chi connectivity index (χ1n) is 13.3. The molecule has 3 aliphatic carbocycles. The van der Waals surface area contributed by atoms with Crippen molar-refractivity contribution in [2.45, 2.75) is 81.5 Å². The number of nitrogens with one attached hydrogen (secondary N) is 1. The van der Waals surface area contributed by atoms with Crippen LogP contribution in [-0.4, -0.2) is 35.4 Å². The number of amides is 1. The molecular formula is C30H34N2O3. The SMILES string of the molecule is CNC(=O)OC1CCC2=CC3=CCC4(C)C(c5ccc6ccncc6c5)CCC4C34CCC2(C1)O4. The minimum atomic E-state index is -0.336. The van der Waals surface area contributed by atoms with Crippen LogP contribution in [0.3, 0.4) is 0 Å². The number of hydrogen-bond acceptors (Lipinski definition) is 4. The maximum atomic E-state index is 11.9. The van der Waals surface area contributed by atoms with Crippen molar-refractivity contribution < 1.29 is 14.3 Å². The summed E-state index contributed by atoms with van der Waals surface area (Å²) in [7, 11) is 1.62. The van der Waals surface area contributed by atoms with E-state index in [-0.39, 0.29) is 28.8 Å². The van der Waals surface area contributed by atoms with Gasteiger partial charge in [0, 0.05) is 31.2 Å². The van der Waals surface area contributed by atoms with Gasteiger partial charge in [-0.05, 0) is 96.4 Å².